The highest BCUT2D eigenvalue weighted by Crippen LogP contribution is 2.37. The van der Waals surface area contributed by atoms with Crippen molar-refractivity contribution >= 4 is 22.7 Å². The maximum Gasteiger partial charge on any atom is 0.255 e. The van der Waals surface area contributed by atoms with E-state index in [4.69, 9.17) is 13.9 Å². The van der Waals surface area contributed by atoms with Crippen LogP contribution in [0, 0.1) is 11.3 Å². The lowest BCUT2D eigenvalue weighted by atomic mass is 10.0. The molecule has 1 saturated heterocycles. The lowest BCUT2D eigenvalue weighted by molar-refractivity contribution is 0.0731. The number of aromatic nitrogens is 2. The molecule has 1 aliphatic heterocycles. The lowest BCUT2D eigenvalue weighted by Gasteiger charge is -2.24. The van der Waals surface area contributed by atoms with Crippen LogP contribution in [0.5, 0.6) is 5.75 Å². The molecular weight excluding hydrogens is 510 g/mol. The molecule has 4 heterocycles. The van der Waals surface area contributed by atoms with Crippen LogP contribution >= 0.6 is 0 Å². The maximum absolute atomic E-state index is 12.9. The first-order chi connectivity index (χ1) is 19.6. The Morgan fingerprint density at radius 3 is 2.77 bits per heavy atom. The molecule has 2 N–H and O–H groups in total. The van der Waals surface area contributed by atoms with E-state index < -0.39 is 0 Å². The standard InChI is InChI=1S/C30H31N5O5/c1-3-35(10-11-36)30(37)21-15-26(38-2)28(33-18-21)27-16-25-29(40-27)23(6-9-32-25)19-4-5-24(20(14-19)17-31)34-22-7-12-39-13-8-22/h4-6,9,14-16,18,22,34,36H,3,7-8,10-13H2,1-2H3. The molecule has 0 unspecified atom stereocenters. The molecule has 0 radical (unpaired) electrons. The van der Waals surface area contributed by atoms with E-state index >= 15 is 0 Å². The van der Waals surface area contributed by atoms with Gasteiger partial charge in [0.05, 0.1) is 30.5 Å². The predicted octanol–water partition coefficient (Wildman–Crippen LogP) is 4.48. The van der Waals surface area contributed by atoms with Crippen molar-refractivity contribution in [1.29, 1.82) is 5.26 Å². The largest absolute Gasteiger partial charge is 0.494 e. The van der Waals surface area contributed by atoms with E-state index in [1.165, 1.54) is 18.2 Å². The number of aliphatic hydroxyl groups is 1. The van der Waals surface area contributed by atoms with E-state index in [0.29, 0.717) is 59.2 Å². The Morgan fingerprint density at radius 1 is 1.23 bits per heavy atom. The summed E-state index contributed by atoms with van der Waals surface area (Å²) in [5.74, 6) is 0.569. The van der Waals surface area contributed by atoms with Gasteiger partial charge in [-0.05, 0) is 49.6 Å². The molecular formula is C30H31N5O5. The number of carbonyl (C=O) groups is 1. The summed E-state index contributed by atoms with van der Waals surface area (Å²) >= 11 is 0. The van der Waals surface area contributed by atoms with E-state index in [-0.39, 0.29) is 25.1 Å². The van der Waals surface area contributed by atoms with Crippen LogP contribution in [0.4, 0.5) is 5.69 Å². The van der Waals surface area contributed by atoms with Crippen molar-refractivity contribution in [2.24, 2.45) is 0 Å². The molecule has 1 fully saturated rings. The predicted molar refractivity (Wildman–Crippen MR) is 150 cm³/mol. The van der Waals surface area contributed by atoms with Crippen molar-refractivity contribution < 1.29 is 23.8 Å². The summed E-state index contributed by atoms with van der Waals surface area (Å²) in [5.41, 5.74) is 4.92. The Morgan fingerprint density at radius 2 is 2.05 bits per heavy atom. The zero-order valence-corrected chi connectivity index (χ0v) is 22.5. The van der Waals surface area contributed by atoms with Gasteiger partial charge in [-0.3, -0.25) is 9.78 Å². The Bertz CT molecular complexity index is 1550. The molecule has 5 rings (SSSR count). The third kappa shape index (κ3) is 5.47. The van der Waals surface area contributed by atoms with Crippen molar-refractivity contribution in [2.45, 2.75) is 25.8 Å². The van der Waals surface area contributed by atoms with E-state index in [0.717, 1.165) is 29.7 Å². The van der Waals surface area contributed by atoms with Gasteiger partial charge in [-0.25, -0.2) is 4.98 Å². The van der Waals surface area contributed by atoms with Gasteiger partial charge in [-0.2, -0.15) is 5.26 Å². The number of pyridine rings is 2. The van der Waals surface area contributed by atoms with E-state index in [9.17, 15) is 15.2 Å². The first kappa shape index (κ1) is 27.1. The number of hydrogen-bond donors (Lipinski definition) is 2. The van der Waals surface area contributed by atoms with Crippen LogP contribution in [0.2, 0.25) is 0 Å². The smallest absolute Gasteiger partial charge is 0.255 e. The molecule has 1 aliphatic rings. The quantitative estimate of drug-likeness (QED) is 0.314. The minimum atomic E-state index is -0.245. The van der Waals surface area contributed by atoms with E-state index in [1.807, 2.05) is 31.2 Å². The summed E-state index contributed by atoms with van der Waals surface area (Å²) in [6.45, 7) is 3.85. The van der Waals surface area contributed by atoms with Gasteiger partial charge < -0.3 is 29.2 Å². The number of carbonyl (C=O) groups excluding carboxylic acids is 1. The lowest BCUT2D eigenvalue weighted by Crippen LogP contribution is -2.33. The first-order valence-corrected chi connectivity index (χ1v) is 13.3. The van der Waals surface area contributed by atoms with Crippen LogP contribution in [0.15, 0.2) is 53.2 Å². The van der Waals surface area contributed by atoms with Gasteiger partial charge in [0.1, 0.15) is 23.0 Å². The molecule has 1 aromatic carbocycles. The van der Waals surface area contributed by atoms with Crippen molar-refractivity contribution in [3.63, 3.8) is 0 Å². The minimum absolute atomic E-state index is 0.123. The number of anilines is 1. The molecule has 0 bridgehead atoms. The summed E-state index contributed by atoms with van der Waals surface area (Å²) in [5, 5.41) is 22.6. The van der Waals surface area contributed by atoms with Gasteiger partial charge in [0.25, 0.3) is 5.91 Å². The normalized spacial score (nSPS) is 13.7. The van der Waals surface area contributed by atoms with Crippen molar-refractivity contribution in [1.82, 2.24) is 14.9 Å². The fourth-order valence-corrected chi connectivity index (χ4v) is 4.88. The Kier molecular flexibility index (Phi) is 8.24. The number of nitrogens with zero attached hydrogens (tertiary/aromatic N) is 4. The molecule has 206 valence electrons. The first-order valence-electron chi connectivity index (χ1n) is 13.3. The van der Waals surface area contributed by atoms with Gasteiger partial charge in [0, 0.05) is 56.4 Å². The monoisotopic (exact) mass is 541 g/mol. The average Bonchev–Trinajstić information content (AvgIpc) is 3.44. The van der Waals surface area contributed by atoms with Gasteiger partial charge in [-0.1, -0.05) is 6.07 Å². The molecule has 1 amide bonds. The summed E-state index contributed by atoms with van der Waals surface area (Å²) in [4.78, 5) is 23.4. The van der Waals surface area contributed by atoms with E-state index in [2.05, 4.69) is 21.4 Å². The SMILES string of the molecule is CCN(CCO)C(=O)c1cnc(-c2cc3nccc(-c4ccc(NC5CCOCC5)c(C#N)c4)c3o2)c(OC)c1. The number of aliphatic hydroxyl groups excluding tert-OH is 1. The van der Waals surface area contributed by atoms with Crippen LogP contribution < -0.4 is 10.1 Å². The molecule has 0 atom stereocenters. The fraction of sp³-hybridized carbons (Fsp3) is 0.333. The van der Waals surface area contributed by atoms with E-state index in [1.54, 1.807) is 18.3 Å². The maximum atomic E-state index is 12.9. The zero-order valence-electron chi connectivity index (χ0n) is 22.5. The Labute approximate surface area is 232 Å². The molecule has 0 aliphatic carbocycles. The third-order valence-electron chi connectivity index (χ3n) is 7.04. The average molecular weight is 542 g/mol. The topological polar surface area (TPSA) is 134 Å². The zero-order chi connectivity index (χ0) is 28.1. The van der Waals surface area contributed by atoms with Crippen LogP contribution in [0.1, 0.15) is 35.7 Å². The molecule has 10 nitrogen and oxygen atoms in total. The highest BCUT2D eigenvalue weighted by atomic mass is 16.5. The molecule has 0 saturated carbocycles. The van der Waals surface area contributed by atoms with Gasteiger partial charge in [0.2, 0.25) is 0 Å². The second-order valence-electron chi connectivity index (χ2n) is 9.47. The van der Waals surface area contributed by atoms with Crippen molar-refractivity contribution in [2.75, 3.05) is 45.3 Å². The number of furan rings is 1. The van der Waals surface area contributed by atoms with Crippen LogP contribution in [0.3, 0.4) is 0 Å². The molecule has 0 spiro atoms. The summed E-state index contributed by atoms with van der Waals surface area (Å²) in [6.07, 6.45) is 4.98. The molecule has 3 aromatic heterocycles. The number of fused-ring (bicyclic) bond motifs is 1. The van der Waals surface area contributed by atoms with Crippen molar-refractivity contribution in [3.05, 3.63) is 59.9 Å². The summed E-state index contributed by atoms with van der Waals surface area (Å²) < 4.78 is 17.3. The highest BCUT2D eigenvalue weighted by molar-refractivity contribution is 5.96. The minimum Gasteiger partial charge on any atom is -0.494 e. The van der Waals surface area contributed by atoms with Crippen molar-refractivity contribution in [3.8, 4) is 34.4 Å². The number of amides is 1. The number of rotatable bonds is 9. The molecule has 10 heteroatoms. The number of likely N-dealkylation sites (N-methyl/N-ethyl adjacent to an activating group) is 1. The number of nitrogens with one attached hydrogen (secondary N) is 1. The third-order valence-corrected chi connectivity index (χ3v) is 7.04. The molecule has 40 heavy (non-hydrogen) atoms. The molecule has 4 aromatic rings. The van der Waals surface area contributed by atoms with Crippen LogP contribution in [0.25, 0.3) is 33.7 Å². The van der Waals surface area contributed by atoms with Gasteiger partial charge in [0.15, 0.2) is 11.3 Å². The summed E-state index contributed by atoms with van der Waals surface area (Å²) in [6, 6.07) is 13.6. The number of benzene rings is 1. The second-order valence-corrected chi connectivity index (χ2v) is 9.47. The fourth-order valence-electron chi connectivity index (χ4n) is 4.88. The second kappa shape index (κ2) is 12.2. The van der Waals surface area contributed by atoms with Crippen LogP contribution in [-0.4, -0.2) is 71.9 Å². The Hall–Kier alpha value is -4.46. The number of ether oxygens (including phenoxy) is 2. The highest BCUT2D eigenvalue weighted by Gasteiger charge is 2.21. The van der Waals surface area contributed by atoms with Crippen LogP contribution in [-0.2, 0) is 4.74 Å². The van der Waals surface area contributed by atoms with Gasteiger partial charge in [-0.15, -0.1) is 0 Å². The number of nitriles is 1. The Balaban J connectivity index is 1.48. The van der Waals surface area contributed by atoms with Gasteiger partial charge >= 0.3 is 0 Å². The summed E-state index contributed by atoms with van der Waals surface area (Å²) in [7, 11) is 1.51. The number of methoxy groups -OCH3 is 1. The number of hydrogen-bond acceptors (Lipinski definition) is 9.